The van der Waals surface area contributed by atoms with Gasteiger partial charge in [0.2, 0.25) is 0 Å². The molecule has 0 spiro atoms. The van der Waals surface area contributed by atoms with Gasteiger partial charge in [0.25, 0.3) is 5.91 Å². The summed E-state index contributed by atoms with van der Waals surface area (Å²) >= 11 is 0. The molecule has 1 amide bonds. The van der Waals surface area contributed by atoms with Crippen molar-refractivity contribution in [3.8, 4) is 11.4 Å². The molecule has 0 aliphatic carbocycles. The van der Waals surface area contributed by atoms with Gasteiger partial charge in [0.1, 0.15) is 0 Å². The highest BCUT2D eigenvalue weighted by atomic mass is 16.2. The molecular weight excluding hydrogens is 408 g/mol. The predicted molar refractivity (Wildman–Crippen MR) is 130 cm³/mol. The quantitative estimate of drug-likeness (QED) is 0.457. The standard InChI is InChI=1S/C28H26N4O/c33-28(25-20-29-27(30-21-25)24-14-8-3-9-15-24)32-18-16-31(17-19-32)26(22-10-4-1-5-11-22)23-12-6-2-7-13-23/h1-15,20-21,26H,16-19H2. The molecule has 5 rings (SSSR count). The maximum Gasteiger partial charge on any atom is 0.257 e. The molecule has 0 bridgehead atoms. The van der Waals surface area contributed by atoms with E-state index >= 15 is 0 Å². The SMILES string of the molecule is O=C(c1cnc(-c2ccccc2)nc1)N1CCN(C(c2ccccc2)c2ccccc2)CC1. The normalized spacial score (nSPS) is 14.4. The molecule has 1 saturated heterocycles. The van der Waals surface area contributed by atoms with E-state index in [1.165, 1.54) is 11.1 Å². The highest BCUT2D eigenvalue weighted by Gasteiger charge is 2.28. The summed E-state index contributed by atoms with van der Waals surface area (Å²) in [6, 6.07) is 31.1. The molecule has 1 aliphatic heterocycles. The van der Waals surface area contributed by atoms with Gasteiger partial charge in [-0.2, -0.15) is 0 Å². The Hall–Kier alpha value is -3.83. The number of aromatic nitrogens is 2. The number of rotatable bonds is 5. The zero-order valence-electron chi connectivity index (χ0n) is 18.4. The van der Waals surface area contributed by atoms with Crippen molar-refractivity contribution in [1.82, 2.24) is 19.8 Å². The summed E-state index contributed by atoms with van der Waals surface area (Å²) in [5.74, 6) is 0.621. The predicted octanol–water partition coefficient (Wildman–Crippen LogP) is 4.69. The van der Waals surface area contributed by atoms with Crippen LogP contribution in [0, 0.1) is 0 Å². The largest absolute Gasteiger partial charge is 0.336 e. The molecule has 5 heteroatoms. The van der Waals surface area contributed by atoms with Gasteiger partial charge in [-0.3, -0.25) is 9.69 Å². The first-order valence-electron chi connectivity index (χ1n) is 11.3. The fraction of sp³-hybridized carbons (Fsp3) is 0.179. The van der Waals surface area contributed by atoms with Crippen LogP contribution in [0.4, 0.5) is 0 Å². The molecule has 0 radical (unpaired) electrons. The Balaban J connectivity index is 1.28. The van der Waals surface area contributed by atoms with E-state index in [0.29, 0.717) is 24.5 Å². The fourth-order valence-electron chi connectivity index (χ4n) is 4.43. The maximum absolute atomic E-state index is 13.1. The monoisotopic (exact) mass is 434 g/mol. The van der Waals surface area contributed by atoms with Crippen LogP contribution < -0.4 is 0 Å². The third kappa shape index (κ3) is 4.69. The number of amides is 1. The Morgan fingerprint density at radius 1 is 0.667 bits per heavy atom. The van der Waals surface area contributed by atoms with E-state index in [2.05, 4.69) is 63.4 Å². The van der Waals surface area contributed by atoms with Crippen LogP contribution in [0.25, 0.3) is 11.4 Å². The number of carbonyl (C=O) groups is 1. The molecule has 164 valence electrons. The summed E-state index contributed by atoms with van der Waals surface area (Å²) in [7, 11) is 0. The first-order chi connectivity index (χ1) is 16.3. The average Bonchev–Trinajstić information content (AvgIpc) is 2.91. The third-order valence-electron chi connectivity index (χ3n) is 6.13. The molecule has 5 nitrogen and oxygen atoms in total. The van der Waals surface area contributed by atoms with Crippen molar-refractivity contribution in [1.29, 1.82) is 0 Å². The lowest BCUT2D eigenvalue weighted by Crippen LogP contribution is -2.49. The van der Waals surface area contributed by atoms with Gasteiger partial charge in [-0.25, -0.2) is 9.97 Å². The van der Waals surface area contributed by atoms with Gasteiger partial charge in [0.15, 0.2) is 5.82 Å². The molecule has 3 aromatic carbocycles. The van der Waals surface area contributed by atoms with Gasteiger partial charge >= 0.3 is 0 Å². The molecular formula is C28H26N4O. The van der Waals surface area contributed by atoms with Crippen molar-refractivity contribution in [2.24, 2.45) is 0 Å². The van der Waals surface area contributed by atoms with Crippen LogP contribution in [0.2, 0.25) is 0 Å². The van der Waals surface area contributed by atoms with E-state index in [4.69, 9.17) is 0 Å². The van der Waals surface area contributed by atoms with E-state index in [0.717, 1.165) is 18.7 Å². The van der Waals surface area contributed by atoms with Gasteiger partial charge in [0.05, 0.1) is 11.6 Å². The zero-order valence-corrected chi connectivity index (χ0v) is 18.4. The minimum atomic E-state index is -0.00904. The second-order valence-corrected chi connectivity index (χ2v) is 8.21. The van der Waals surface area contributed by atoms with E-state index in [9.17, 15) is 4.79 Å². The Bertz CT molecular complexity index is 1130. The number of hydrogen-bond acceptors (Lipinski definition) is 4. The second kappa shape index (κ2) is 9.76. The van der Waals surface area contributed by atoms with Crippen molar-refractivity contribution >= 4 is 5.91 Å². The van der Waals surface area contributed by atoms with Crippen LogP contribution >= 0.6 is 0 Å². The smallest absolute Gasteiger partial charge is 0.257 e. The first kappa shape index (κ1) is 21.0. The molecule has 1 aromatic heterocycles. The maximum atomic E-state index is 13.1. The Kier molecular flexibility index (Phi) is 6.22. The number of benzene rings is 3. The summed E-state index contributed by atoms with van der Waals surface area (Å²) in [6.45, 7) is 2.97. The molecule has 33 heavy (non-hydrogen) atoms. The first-order valence-corrected chi connectivity index (χ1v) is 11.3. The lowest BCUT2D eigenvalue weighted by molar-refractivity contribution is 0.0596. The third-order valence-corrected chi connectivity index (χ3v) is 6.13. The minimum Gasteiger partial charge on any atom is -0.336 e. The summed E-state index contributed by atoms with van der Waals surface area (Å²) < 4.78 is 0. The molecule has 0 atom stereocenters. The Labute approximate surface area is 194 Å². The van der Waals surface area contributed by atoms with Crippen molar-refractivity contribution in [2.75, 3.05) is 26.2 Å². The van der Waals surface area contributed by atoms with Gasteiger partial charge in [-0.1, -0.05) is 91.0 Å². The number of piperazine rings is 1. The Morgan fingerprint density at radius 2 is 1.15 bits per heavy atom. The average molecular weight is 435 g/mol. The highest BCUT2D eigenvalue weighted by Crippen LogP contribution is 2.29. The van der Waals surface area contributed by atoms with E-state index in [1.807, 2.05) is 47.4 Å². The fourth-order valence-corrected chi connectivity index (χ4v) is 4.43. The molecule has 0 saturated carbocycles. The van der Waals surface area contributed by atoms with E-state index in [-0.39, 0.29) is 11.9 Å². The lowest BCUT2D eigenvalue weighted by Gasteiger charge is -2.39. The highest BCUT2D eigenvalue weighted by molar-refractivity contribution is 5.93. The van der Waals surface area contributed by atoms with Crippen LogP contribution in [0.3, 0.4) is 0 Å². The Morgan fingerprint density at radius 3 is 1.67 bits per heavy atom. The summed E-state index contributed by atoms with van der Waals surface area (Å²) in [6.07, 6.45) is 3.28. The van der Waals surface area contributed by atoms with Crippen LogP contribution in [-0.2, 0) is 0 Å². The molecule has 4 aromatic rings. The number of nitrogens with zero attached hydrogens (tertiary/aromatic N) is 4. The van der Waals surface area contributed by atoms with Crippen LogP contribution in [0.15, 0.2) is 103 Å². The van der Waals surface area contributed by atoms with Gasteiger partial charge < -0.3 is 4.90 Å². The second-order valence-electron chi connectivity index (χ2n) is 8.21. The van der Waals surface area contributed by atoms with E-state index in [1.54, 1.807) is 12.4 Å². The van der Waals surface area contributed by atoms with Crippen molar-refractivity contribution < 1.29 is 4.79 Å². The molecule has 2 heterocycles. The van der Waals surface area contributed by atoms with Crippen molar-refractivity contribution in [2.45, 2.75) is 6.04 Å². The minimum absolute atomic E-state index is 0.00904. The molecule has 1 aliphatic rings. The van der Waals surface area contributed by atoms with Crippen LogP contribution in [-0.4, -0.2) is 51.9 Å². The molecule has 0 N–H and O–H groups in total. The molecule has 1 fully saturated rings. The van der Waals surface area contributed by atoms with Crippen LogP contribution in [0.5, 0.6) is 0 Å². The number of hydrogen-bond donors (Lipinski definition) is 0. The lowest BCUT2D eigenvalue weighted by atomic mass is 9.96. The summed E-state index contributed by atoms with van der Waals surface area (Å²) in [5, 5.41) is 0. The topological polar surface area (TPSA) is 49.3 Å². The van der Waals surface area contributed by atoms with Gasteiger partial charge in [0, 0.05) is 44.1 Å². The van der Waals surface area contributed by atoms with E-state index < -0.39 is 0 Å². The summed E-state index contributed by atoms with van der Waals surface area (Å²) in [4.78, 5) is 26.3. The van der Waals surface area contributed by atoms with Crippen molar-refractivity contribution in [3.05, 3.63) is 120 Å². The van der Waals surface area contributed by atoms with Crippen molar-refractivity contribution in [3.63, 3.8) is 0 Å². The van der Waals surface area contributed by atoms with Gasteiger partial charge in [-0.15, -0.1) is 0 Å². The van der Waals surface area contributed by atoms with Crippen LogP contribution in [0.1, 0.15) is 27.5 Å². The number of carbonyl (C=O) groups excluding carboxylic acids is 1. The zero-order chi connectivity index (χ0) is 22.5. The molecule has 0 unspecified atom stereocenters. The summed E-state index contributed by atoms with van der Waals surface area (Å²) in [5.41, 5.74) is 4.02. The van der Waals surface area contributed by atoms with Gasteiger partial charge in [-0.05, 0) is 11.1 Å².